The minimum atomic E-state index is -0.0526. The maximum Gasteiger partial charge on any atom is 0.188 e. The van der Waals surface area contributed by atoms with Gasteiger partial charge in [-0.2, -0.15) is 0 Å². The van der Waals surface area contributed by atoms with Crippen molar-refractivity contribution in [1.82, 2.24) is 0 Å². The van der Waals surface area contributed by atoms with Crippen LogP contribution in [0.3, 0.4) is 0 Å². The van der Waals surface area contributed by atoms with Gasteiger partial charge in [0.15, 0.2) is 13.1 Å². The van der Waals surface area contributed by atoms with Crippen LogP contribution in [0.5, 0.6) is 5.75 Å². The summed E-state index contributed by atoms with van der Waals surface area (Å²) in [6.45, 7) is 6.79. The molecule has 140 valence electrons. The van der Waals surface area contributed by atoms with Gasteiger partial charge in [-0.15, -0.1) is 0 Å². The van der Waals surface area contributed by atoms with Crippen LogP contribution in [0.15, 0.2) is 42.5 Å². The van der Waals surface area contributed by atoms with E-state index >= 15 is 0 Å². The van der Waals surface area contributed by atoms with Crippen molar-refractivity contribution in [3.63, 3.8) is 0 Å². The summed E-state index contributed by atoms with van der Waals surface area (Å²) >= 11 is 0. The van der Waals surface area contributed by atoms with Crippen molar-refractivity contribution in [1.29, 1.82) is 0 Å². The summed E-state index contributed by atoms with van der Waals surface area (Å²) in [5, 5.41) is 1.07. The van der Waals surface area contributed by atoms with E-state index in [1.165, 1.54) is 11.1 Å². The molecule has 0 aliphatic heterocycles. The zero-order valence-corrected chi connectivity index (χ0v) is 17.2. The molecule has 2 rings (SSSR count). The standard InChI is InChI=1S/C22H29O3P/c1-5-13-22(6-2,26-21-10-8-7-9-18(21)15-23)19-14-17(3)11-12-20(19)25-16-24-4/h7-12,14-15,26H,5-6,13,16H2,1-4H3. The molecule has 0 aliphatic carbocycles. The lowest BCUT2D eigenvalue weighted by molar-refractivity contribution is 0.0499. The van der Waals surface area contributed by atoms with Crippen molar-refractivity contribution >= 4 is 20.2 Å². The summed E-state index contributed by atoms with van der Waals surface area (Å²) in [6, 6.07) is 14.3. The second kappa shape index (κ2) is 9.85. The van der Waals surface area contributed by atoms with Gasteiger partial charge >= 0.3 is 0 Å². The Labute approximate surface area is 158 Å². The van der Waals surface area contributed by atoms with Crippen LogP contribution in [0.2, 0.25) is 0 Å². The zero-order valence-electron chi connectivity index (χ0n) is 16.2. The number of methoxy groups -OCH3 is 1. The summed E-state index contributed by atoms with van der Waals surface area (Å²) in [5.74, 6) is 0.879. The Balaban J connectivity index is 2.55. The Morgan fingerprint density at radius 2 is 1.92 bits per heavy atom. The molecule has 0 saturated heterocycles. The van der Waals surface area contributed by atoms with Gasteiger partial charge in [0, 0.05) is 23.4 Å². The third-order valence-electron chi connectivity index (χ3n) is 4.72. The van der Waals surface area contributed by atoms with E-state index in [1.807, 2.05) is 24.3 Å². The third-order valence-corrected chi connectivity index (χ3v) is 6.80. The Hall–Kier alpha value is -1.70. The van der Waals surface area contributed by atoms with Gasteiger partial charge in [0.2, 0.25) is 0 Å². The van der Waals surface area contributed by atoms with Crippen LogP contribution in [0, 0.1) is 6.92 Å². The maximum absolute atomic E-state index is 11.5. The first kappa shape index (κ1) is 20.6. The van der Waals surface area contributed by atoms with E-state index in [4.69, 9.17) is 9.47 Å². The molecule has 26 heavy (non-hydrogen) atoms. The van der Waals surface area contributed by atoms with E-state index in [-0.39, 0.29) is 11.9 Å². The lowest BCUT2D eigenvalue weighted by Gasteiger charge is -2.35. The fourth-order valence-electron chi connectivity index (χ4n) is 3.38. The van der Waals surface area contributed by atoms with E-state index in [0.717, 1.165) is 42.2 Å². The van der Waals surface area contributed by atoms with Gasteiger partial charge in [0.05, 0.1) is 0 Å². The third kappa shape index (κ3) is 4.72. The van der Waals surface area contributed by atoms with Crippen LogP contribution >= 0.6 is 8.58 Å². The highest BCUT2D eigenvalue weighted by molar-refractivity contribution is 7.48. The summed E-state index contributed by atoms with van der Waals surface area (Å²) < 4.78 is 11.0. The van der Waals surface area contributed by atoms with Gasteiger partial charge < -0.3 is 9.47 Å². The Morgan fingerprint density at radius 1 is 1.15 bits per heavy atom. The fourth-order valence-corrected chi connectivity index (χ4v) is 5.25. The highest BCUT2D eigenvalue weighted by Gasteiger charge is 2.33. The predicted molar refractivity (Wildman–Crippen MR) is 110 cm³/mol. The maximum atomic E-state index is 11.5. The molecule has 0 fully saturated rings. The fraction of sp³-hybridized carbons (Fsp3) is 0.409. The molecule has 0 N–H and O–H groups in total. The lowest BCUT2D eigenvalue weighted by Crippen LogP contribution is -2.25. The highest BCUT2D eigenvalue weighted by Crippen LogP contribution is 2.51. The van der Waals surface area contributed by atoms with Gasteiger partial charge in [-0.05, 0) is 31.1 Å². The van der Waals surface area contributed by atoms with Gasteiger partial charge in [0.25, 0.3) is 0 Å². The molecule has 4 heteroatoms. The molecule has 0 bridgehead atoms. The molecule has 2 aromatic carbocycles. The van der Waals surface area contributed by atoms with Crippen LogP contribution in [0.4, 0.5) is 0 Å². The normalized spacial score (nSPS) is 13.7. The molecule has 0 saturated carbocycles. The molecule has 0 aliphatic rings. The number of ether oxygens (including phenoxy) is 2. The molecule has 2 unspecified atom stereocenters. The van der Waals surface area contributed by atoms with Crippen LogP contribution in [0.25, 0.3) is 0 Å². The van der Waals surface area contributed by atoms with Crippen molar-refractivity contribution < 1.29 is 14.3 Å². The van der Waals surface area contributed by atoms with E-state index in [1.54, 1.807) is 7.11 Å². The van der Waals surface area contributed by atoms with E-state index < -0.39 is 0 Å². The number of hydrogen-bond acceptors (Lipinski definition) is 3. The van der Waals surface area contributed by atoms with Crippen molar-refractivity contribution in [2.45, 2.75) is 45.2 Å². The molecule has 2 aromatic rings. The Kier molecular flexibility index (Phi) is 7.81. The smallest absolute Gasteiger partial charge is 0.188 e. The van der Waals surface area contributed by atoms with Crippen molar-refractivity contribution in [3.05, 3.63) is 59.2 Å². The van der Waals surface area contributed by atoms with E-state index in [0.29, 0.717) is 8.58 Å². The summed E-state index contributed by atoms with van der Waals surface area (Å²) in [5.41, 5.74) is 3.22. The second-order valence-corrected chi connectivity index (χ2v) is 8.31. The van der Waals surface area contributed by atoms with E-state index in [2.05, 4.69) is 39.0 Å². The molecule has 3 nitrogen and oxygen atoms in total. The quantitative estimate of drug-likeness (QED) is 0.327. The SMILES string of the molecule is CCCC(CC)(Pc1ccccc1C=O)c1cc(C)ccc1OCOC. The van der Waals surface area contributed by atoms with Crippen molar-refractivity contribution in [2.75, 3.05) is 13.9 Å². The monoisotopic (exact) mass is 372 g/mol. The number of benzene rings is 2. The average molecular weight is 372 g/mol. The number of aryl methyl sites for hydroxylation is 1. The molecule has 0 amide bonds. The number of carbonyl (C=O) groups excluding carboxylic acids is 1. The predicted octanol–water partition coefficient (Wildman–Crippen LogP) is 5.20. The zero-order chi connectivity index (χ0) is 19.0. The minimum absolute atomic E-state index is 0.0526. The molecular weight excluding hydrogens is 343 g/mol. The molecule has 0 radical (unpaired) electrons. The molecule has 2 atom stereocenters. The van der Waals surface area contributed by atoms with Gasteiger partial charge in [0.1, 0.15) is 5.75 Å². The van der Waals surface area contributed by atoms with Crippen molar-refractivity contribution in [2.24, 2.45) is 0 Å². The number of hydrogen-bond donors (Lipinski definition) is 0. The topological polar surface area (TPSA) is 35.5 Å². The molecule has 0 spiro atoms. The number of carbonyl (C=O) groups is 1. The Morgan fingerprint density at radius 3 is 2.58 bits per heavy atom. The number of aldehydes is 1. The van der Waals surface area contributed by atoms with Gasteiger partial charge in [-0.3, -0.25) is 4.79 Å². The summed E-state index contributed by atoms with van der Waals surface area (Å²) in [4.78, 5) is 11.5. The van der Waals surface area contributed by atoms with Gasteiger partial charge in [-0.1, -0.05) is 70.8 Å². The largest absolute Gasteiger partial charge is 0.467 e. The average Bonchev–Trinajstić information content (AvgIpc) is 2.67. The summed E-state index contributed by atoms with van der Waals surface area (Å²) in [7, 11) is 2.14. The van der Waals surface area contributed by atoms with Crippen LogP contribution in [-0.2, 0) is 9.89 Å². The molecule has 0 heterocycles. The molecule has 0 aromatic heterocycles. The first-order valence-electron chi connectivity index (χ1n) is 9.15. The number of rotatable bonds is 10. The second-order valence-electron chi connectivity index (χ2n) is 6.57. The van der Waals surface area contributed by atoms with E-state index in [9.17, 15) is 4.79 Å². The summed E-state index contributed by atoms with van der Waals surface area (Å²) in [6.07, 6.45) is 4.07. The Bertz CT molecular complexity index is 729. The first-order chi connectivity index (χ1) is 12.6. The highest BCUT2D eigenvalue weighted by atomic mass is 31.1. The van der Waals surface area contributed by atoms with Crippen LogP contribution in [-0.4, -0.2) is 20.2 Å². The minimum Gasteiger partial charge on any atom is -0.467 e. The lowest BCUT2D eigenvalue weighted by atomic mass is 9.89. The van der Waals surface area contributed by atoms with Crippen LogP contribution < -0.4 is 10.0 Å². The first-order valence-corrected chi connectivity index (χ1v) is 10.2. The molecular formula is C22H29O3P. The van der Waals surface area contributed by atoms with Gasteiger partial charge in [-0.25, -0.2) is 0 Å². The van der Waals surface area contributed by atoms with Crippen LogP contribution in [0.1, 0.15) is 54.6 Å². The van der Waals surface area contributed by atoms with Crippen molar-refractivity contribution in [3.8, 4) is 5.75 Å².